The van der Waals surface area contributed by atoms with Crippen molar-refractivity contribution >= 4 is 0 Å². The topological polar surface area (TPSA) is 26.0 Å². The van der Waals surface area contributed by atoms with Crippen LogP contribution in [0.3, 0.4) is 0 Å². The van der Waals surface area contributed by atoms with Gasteiger partial charge < -0.3 is 5.73 Å². The Kier molecular flexibility index (Phi) is 7.81. The van der Waals surface area contributed by atoms with Gasteiger partial charge in [-0.25, -0.2) is 0 Å². The van der Waals surface area contributed by atoms with Crippen molar-refractivity contribution in [3.05, 3.63) is 0 Å². The van der Waals surface area contributed by atoms with Crippen molar-refractivity contribution in [2.45, 2.75) is 60.9 Å². The molecule has 0 radical (unpaired) electrons. The van der Waals surface area contributed by atoms with Crippen LogP contribution in [-0.4, -0.2) is 6.04 Å². The highest BCUT2D eigenvalue weighted by Gasteiger charge is 2.18. The maximum absolute atomic E-state index is 5.11. The van der Waals surface area contributed by atoms with Gasteiger partial charge in [0.15, 0.2) is 0 Å². The lowest BCUT2D eigenvalue weighted by Crippen LogP contribution is -2.17. The van der Waals surface area contributed by atoms with Gasteiger partial charge in [-0.15, -0.1) is 0 Å². The average Bonchev–Trinajstić information content (AvgIpc) is 1.86. The molecule has 0 aliphatic rings. The molecule has 2 N–H and O–H groups in total. The lowest BCUT2D eigenvalue weighted by molar-refractivity contribution is 0.240. The van der Waals surface area contributed by atoms with Gasteiger partial charge in [-0.05, 0) is 17.4 Å². The molecule has 0 unspecified atom stereocenters. The number of nitrogens with two attached hydrogens (primary N) is 1. The summed E-state index contributed by atoms with van der Waals surface area (Å²) in [6.45, 7) is 15.3. The van der Waals surface area contributed by atoms with Crippen LogP contribution in [0.15, 0.2) is 0 Å². The molecular weight excluding hydrogens is 146 g/mol. The quantitative estimate of drug-likeness (QED) is 0.680. The van der Waals surface area contributed by atoms with Crippen LogP contribution in [0.2, 0.25) is 0 Å². The summed E-state index contributed by atoms with van der Waals surface area (Å²) in [5.41, 5.74) is 5.65. The Morgan fingerprint density at radius 2 is 1.33 bits per heavy atom. The van der Waals surface area contributed by atoms with Crippen LogP contribution in [0, 0.1) is 11.3 Å². The fourth-order valence-corrected chi connectivity index (χ4v) is 0.408. The van der Waals surface area contributed by atoms with E-state index in [1.165, 1.54) is 6.42 Å². The molecule has 1 nitrogen and oxygen atoms in total. The third-order valence-corrected chi connectivity index (χ3v) is 2.47. The number of hydrogen-bond acceptors (Lipinski definition) is 1. The van der Waals surface area contributed by atoms with Gasteiger partial charge in [-0.3, -0.25) is 0 Å². The van der Waals surface area contributed by atoms with Crippen LogP contribution in [0.25, 0.3) is 0 Å². The summed E-state index contributed by atoms with van der Waals surface area (Å²) in [6.07, 6.45) is 1.28. The Bertz CT molecular complexity index is 90.4. The first-order valence-electron chi connectivity index (χ1n) is 4.99. The van der Waals surface area contributed by atoms with Crippen LogP contribution < -0.4 is 5.73 Å². The molecule has 0 saturated carbocycles. The Labute approximate surface area is 78.7 Å². The van der Waals surface area contributed by atoms with Gasteiger partial charge in [-0.2, -0.15) is 0 Å². The molecule has 0 rings (SSSR count). The van der Waals surface area contributed by atoms with Crippen molar-refractivity contribution in [3.8, 4) is 0 Å². The second-order valence-electron chi connectivity index (χ2n) is 4.74. The average molecular weight is 173 g/mol. The van der Waals surface area contributed by atoms with Crippen molar-refractivity contribution in [1.29, 1.82) is 0 Å². The van der Waals surface area contributed by atoms with E-state index in [4.69, 9.17) is 5.73 Å². The molecule has 1 heteroatoms. The summed E-state index contributed by atoms with van der Waals surface area (Å²) in [5, 5.41) is 0. The molecule has 0 spiro atoms. The number of rotatable bonds is 2. The van der Waals surface area contributed by atoms with E-state index in [2.05, 4.69) is 34.6 Å². The molecule has 0 aromatic heterocycles. The largest absolute Gasteiger partial charge is 0.328 e. The number of hydrogen-bond donors (Lipinski definition) is 1. The SMILES string of the molecule is CC(C)N.CCC(C)(C)C(C)C. The molecule has 0 aliphatic carbocycles. The summed E-state index contributed by atoms with van der Waals surface area (Å²) in [4.78, 5) is 0. The first-order valence-corrected chi connectivity index (χ1v) is 4.99. The maximum atomic E-state index is 5.11. The van der Waals surface area contributed by atoms with E-state index in [9.17, 15) is 0 Å². The first-order chi connectivity index (χ1) is 5.24. The van der Waals surface area contributed by atoms with Crippen LogP contribution in [-0.2, 0) is 0 Å². The van der Waals surface area contributed by atoms with E-state index in [1.807, 2.05) is 13.8 Å². The summed E-state index contributed by atoms with van der Waals surface area (Å²) < 4.78 is 0. The zero-order valence-corrected chi connectivity index (χ0v) is 9.94. The van der Waals surface area contributed by atoms with E-state index in [1.54, 1.807) is 0 Å². The highest BCUT2D eigenvalue weighted by atomic mass is 14.6. The monoisotopic (exact) mass is 173 g/mol. The fraction of sp³-hybridized carbons (Fsp3) is 1.00. The van der Waals surface area contributed by atoms with E-state index >= 15 is 0 Å². The fourth-order valence-electron chi connectivity index (χ4n) is 0.408. The van der Waals surface area contributed by atoms with Gasteiger partial charge in [0.2, 0.25) is 0 Å². The predicted molar refractivity (Wildman–Crippen MR) is 58.2 cm³/mol. The molecule has 0 aromatic rings. The van der Waals surface area contributed by atoms with Gasteiger partial charge in [-0.1, -0.05) is 54.9 Å². The minimum Gasteiger partial charge on any atom is -0.328 e. The summed E-state index contributed by atoms with van der Waals surface area (Å²) in [7, 11) is 0. The maximum Gasteiger partial charge on any atom is -0.00179 e. The Morgan fingerprint density at radius 1 is 1.08 bits per heavy atom. The second kappa shape index (κ2) is 6.47. The molecule has 76 valence electrons. The molecular formula is C11H27N. The van der Waals surface area contributed by atoms with E-state index in [0.29, 0.717) is 11.5 Å². The zero-order valence-electron chi connectivity index (χ0n) is 9.94. The zero-order chi connectivity index (χ0) is 10.4. The van der Waals surface area contributed by atoms with Crippen LogP contribution >= 0.6 is 0 Å². The van der Waals surface area contributed by atoms with Crippen molar-refractivity contribution < 1.29 is 0 Å². The highest BCUT2D eigenvalue weighted by Crippen LogP contribution is 2.28. The van der Waals surface area contributed by atoms with Gasteiger partial charge in [0.1, 0.15) is 0 Å². The summed E-state index contributed by atoms with van der Waals surface area (Å²) in [6, 6.07) is 0.333. The van der Waals surface area contributed by atoms with Gasteiger partial charge >= 0.3 is 0 Å². The van der Waals surface area contributed by atoms with Crippen molar-refractivity contribution in [2.75, 3.05) is 0 Å². The molecule has 0 fully saturated rings. The Balaban J connectivity index is 0. The predicted octanol–water partition coefficient (Wildman–Crippen LogP) is 3.43. The van der Waals surface area contributed by atoms with Crippen molar-refractivity contribution in [2.24, 2.45) is 17.1 Å². The Hall–Kier alpha value is -0.0400. The van der Waals surface area contributed by atoms with Gasteiger partial charge in [0.05, 0.1) is 0 Å². The van der Waals surface area contributed by atoms with Crippen LogP contribution in [0.1, 0.15) is 54.9 Å². The lowest BCUT2D eigenvalue weighted by Gasteiger charge is -2.27. The van der Waals surface area contributed by atoms with E-state index in [-0.39, 0.29) is 0 Å². The van der Waals surface area contributed by atoms with Crippen molar-refractivity contribution in [1.82, 2.24) is 0 Å². The third-order valence-electron chi connectivity index (χ3n) is 2.47. The second-order valence-corrected chi connectivity index (χ2v) is 4.74. The van der Waals surface area contributed by atoms with E-state index < -0.39 is 0 Å². The standard InChI is InChI=1S/C8H18.C3H9N/c1-6-8(4,5)7(2)3;1-3(2)4/h7H,6H2,1-5H3;3H,4H2,1-2H3. The molecule has 0 saturated heterocycles. The molecule has 0 aromatic carbocycles. The van der Waals surface area contributed by atoms with Gasteiger partial charge in [0.25, 0.3) is 0 Å². The third kappa shape index (κ3) is 9.96. The molecule has 0 atom stereocenters. The Morgan fingerprint density at radius 3 is 1.33 bits per heavy atom. The van der Waals surface area contributed by atoms with Crippen LogP contribution in [0.4, 0.5) is 0 Å². The molecule has 0 bridgehead atoms. The first kappa shape index (κ1) is 14.5. The molecule has 0 amide bonds. The summed E-state index contributed by atoms with van der Waals surface area (Å²) in [5.74, 6) is 0.812. The normalized spacial score (nSPS) is 11.5. The smallest absolute Gasteiger partial charge is 0.00179 e. The minimum absolute atomic E-state index is 0.333. The molecule has 12 heavy (non-hydrogen) atoms. The van der Waals surface area contributed by atoms with Crippen molar-refractivity contribution in [3.63, 3.8) is 0 Å². The summed E-state index contributed by atoms with van der Waals surface area (Å²) >= 11 is 0. The minimum atomic E-state index is 0.333. The molecule has 0 heterocycles. The van der Waals surface area contributed by atoms with Crippen LogP contribution in [0.5, 0.6) is 0 Å². The lowest BCUT2D eigenvalue weighted by atomic mass is 9.79. The highest BCUT2D eigenvalue weighted by molar-refractivity contribution is 4.69. The van der Waals surface area contributed by atoms with Gasteiger partial charge in [0, 0.05) is 0 Å². The van der Waals surface area contributed by atoms with E-state index in [0.717, 1.165) is 5.92 Å². The molecule has 0 aliphatic heterocycles.